The van der Waals surface area contributed by atoms with E-state index in [9.17, 15) is 9.90 Å². The summed E-state index contributed by atoms with van der Waals surface area (Å²) in [5.41, 5.74) is 13.6. The first-order valence-corrected chi connectivity index (χ1v) is 13.7. The fraction of sp³-hybridized carbons (Fsp3) is 0.344. The van der Waals surface area contributed by atoms with Crippen LogP contribution in [-0.4, -0.2) is 37.2 Å². The molecule has 3 aromatic rings. The number of esters is 1. The Morgan fingerprint density at radius 2 is 1.32 bits per heavy atom. The maximum absolute atomic E-state index is 12.1. The molecule has 0 aliphatic rings. The van der Waals surface area contributed by atoms with Gasteiger partial charge in [-0.1, -0.05) is 31.6 Å². The molecule has 0 aliphatic heterocycles. The highest BCUT2D eigenvalue weighted by atomic mass is 16.6. The molecule has 0 saturated carbocycles. The van der Waals surface area contributed by atoms with Crippen LogP contribution in [0.1, 0.15) is 61.4 Å². The molecule has 0 heterocycles. The van der Waals surface area contributed by atoms with E-state index in [0.29, 0.717) is 42.5 Å². The normalized spacial score (nSPS) is 11.8. The van der Waals surface area contributed by atoms with Crippen LogP contribution in [0.2, 0.25) is 0 Å². The molecule has 3 aromatic carbocycles. The third-order valence-electron chi connectivity index (χ3n) is 5.93. The molecule has 5 N–H and O–H groups in total. The molecule has 8 heteroatoms. The Morgan fingerprint density at radius 3 is 1.95 bits per heavy atom. The number of aliphatic hydroxyl groups excluding tert-OH is 1. The average Bonchev–Trinajstić information content (AvgIpc) is 2.94. The average molecular weight is 549 g/mol. The van der Waals surface area contributed by atoms with E-state index >= 15 is 0 Å². The lowest BCUT2D eigenvalue weighted by Crippen LogP contribution is -2.11. The van der Waals surface area contributed by atoms with Crippen molar-refractivity contribution >= 4 is 23.4 Å². The number of anilines is 2. The van der Waals surface area contributed by atoms with Crippen molar-refractivity contribution < 1.29 is 28.8 Å². The molecule has 0 radical (unpaired) electrons. The first-order chi connectivity index (χ1) is 19.4. The number of hydrogen-bond acceptors (Lipinski definition) is 8. The summed E-state index contributed by atoms with van der Waals surface area (Å²) in [6.07, 6.45) is 7.99. The van der Waals surface area contributed by atoms with Gasteiger partial charge >= 0.3 is 5.97 Å². The van der Waals surface area contributed by atoms with Crippen LogP contribution < -0.4 is 25.7 Å². The second-order valence-corrected chi connectivity index (χ2v) is 9.40. The molecule has 0 fully saturated rings. The second-order valence-electron chi connectivity index (χ2n) is 9.40. The van der Waals surface area contributed by atoms with Crippen molar-refractivity contribution in [3.8, 4) is 17.2 Å². The van der Waals surface area contributed by atoms with Gasteiger partial charge in [0.2, 0.25) is 6.29 Å². The molecule has 0 aromatic heterocycles. The topological polar surface area (TPSA) is 126 Å². The number of benzene rings is 3. The quantitative estimate of drug-likeness (QED) is 0.0783. The van der Waals surface area contributed by atoms with Gasteiger partial charge in [0.05, 0.1) is 25.4 Å². The molecule has 8 nitrogen and oxygen atoms in total. The Morgan fingerprint density at radius 1 is 0.775 bits per heavy atom. The summed E-state index contributed by atoms with van der Waals surface area (Å²) in [4.78, 5) is 12.1. The maximum atomic E-state index is 12.1. The van der Waals surface area contributed by atoms with Gasteiger partial charge in [-0.15, -0.1) is 0 Å². The van der Waals surface area contributed by atoms with E-state index in [1.54, 1.807) is 42.5 Å². The lowest BCUT2D eigenvalue weighted by Gasteiger charge is -2.11. The molecule has 0 spiro atoms. The fourth-order valence-electron chi connectivity index (χ4n) is 3.79. The minimum atomic E-state index is -1.07. The highest BCUT2D eigenvalue weighted by Gasteiger charge is 2.08. The molecular formula is C32H40N2O6. The van der Waals surface area contributed by atoms with Crippen molar-refractivity contribution in [3.63, 3.8) is 0 Å². The summed E-state index contributed by atoms with van der Waals surface area (Å²) in [5, 5.41) is 10.2. The third kappa shape index (κ3) is 11.3. The molecule has 0 aliphatic carbocycles. The number of ether oxygens (including phenoxy) is 4. The second kappa shape index (κ2) is 16.7. The molecule has 214 valence electrons. The van der Waals surface area contributed by atoms with Crippen LogP contribution in [0.15, 0.2) is 72.8 Å². The predicted molar refractivity (Wildman–Crippen MR) is 158 cm³/mol. The number of carbonyl (C=O) groups excluding carboxylic acids is 1. The zero-order valence-corrected chi connectivity index (χ0v) is 23.1. The Bertz CT molecular complexity index is 1170. The van der Waals surface area contributed by atoms with Gasteiger partial charge in [0, 0.05) is 11.4 Å². The molecule has 0 saturated heterocycles. The van der Waals surface area contributed by atoms with Crippen LogP contribution in [0, 0.1) is 0 Å². The minimum Gasteiger partial charge on any atom is -0.494 e. The van der Waals surface area contributed by atoms with E-state index < -0.39 is 12.3 Å². The summed E-state index contributed by atoms with van der Waals surface area (Å²) < 4.78 is 22.3. The van der Waals surface area contributed by atoms with Crippen molar-refractivity contribution in [1.82, 2.24) is 0 Å². The third-order valence-corrected chi connectivity index (χ3v) is 5.93. The van der Waals surface area contributed by atoms with Crippen LogP contribution in [-0.2, 0) is 4.74 Å². The Labute approximate surface area is 236 Å². The Balaban J connectivity index is 1.26. The van der Waals surface area contributed by atoms with E-state index in [1.165, 1.54) is 0 Å². The maximum Gasteiger partial charge on any atom is 0.338 e. The largest absolute Gasteiger partial charge is 0.494 e. The van der Waals surface area contributed by atoms with Crippen LogP contribution in [0.3, 0.4) is 0 Å². The van der Waals surface area contributed by atoms with Gasteiger partial charge in [-0.3, -0.25) is 0 Å². The van der Waals surface area contributed by atoms with Crippen LogP contribution >= 0.6 is 0 Å². The van der Waals surface area contributed by atoms with Crippen molar-refractivity contribution in [2.45, 2.75) is 51.7 Å². The molecule has 0 amide bonds. The SMILES string of the molecule is CCCCOc1ccc(OC(O)/C=C/c2ccc(OCCCCCCOC(=O)c3cc(N)cc(N)c3)cc2)cc1. The lowest BCUT2D eigenvalue weighted by atomic mass is 10.2. The van der Waals surface area contributed by atoms with Crippen LogP contribution in [0.4, 0.5) is 11.4 Å². The Hall–Kier alpha value is -4.17. The summed E-state index contributed by atoms with van der Waals surface area (Å²) in [5.74, 6) is 1.72. The van der Waals surface area contributed by atoms with Crippen LogP contribution in [0.25, 0.3) is 6.08 Å². The summed E-state index contributed by atoms with van der Waals surface area (Å²) in [6, 6.07) is 19.6. The van der Waals surface area contributed by atoms with Gasteiger partial charge in [-0.05, 0) is 98.3 Å². The number of rotatable bonds is 17. The standard InChI is InChI=1S/C32H40N2O6/c1-2-3-18-37-29-13-15-30(16-14-29)40-31(35)17-10-24-8-11-28(12-9-24)38-19-6-4-5-7-20-39-32(36)25-21-26(33)23-27(34)22-25/h8-17,21-23,31,35H,2-7,18-20,33-34H2,1H3/b17-10+. The van der Waals surface area contributed by atoms with E-state index in [2.05, 4.69) is 6.92 Å². The van der Waals surface area contributed by atoms with Crippen molar-refractivity contribution in [3.05, 3.63) is 83.9 Å². The summed E-state index contributed by atoms with van der Waals surface area (Å²) >= 11 is 0. The molecule has 1 atom stereocenters. The van der Waals surface area contributed by atoms with E-state index in [0.717, 1.165) is 55.6 Å². The highest BCUT2D eigenvalue weighted by Crippen LogP contribution is 2.20. The van der Waals surface area contributed by atoms with Crippen molar-refractivity contribution in [2.24, 2.45) is 0 Å². The van der Waals surface area contributed by atoms with Crippen molar-refractivity contribution in [2.75, 3.05) is 31.3 Å². The number of nitrogens with two attached hydrogens (primary N) is 2. The van der Waals surface area contributed by atoms with Gasteiger partial charge in [0.25, 0.3) is 0 Å². The van der Waals surface area contributed by atoms with Gasteiger partial charge in [0.15, 0.2) is 0 Å². The fourth-order valence-corrected chi connectivity index (χ4v) is 3.79. The molecule has 0 bridgehead atoms. The molecule has 3 rings (SSSR count). The van der Waals surface area contributed by atoms with Gasteiger partial charge in [0.1, 0.15) is 17.2 Å². The summed E-state index contributed by atoms with van der Waals surface area (Å²) in [7, 11) is 0. The monoisotopic (exact) mass is 548 g/mol. The number of aliphatic hydroxyl groups is 1. The lowest BCUT2D eigenvalue weighted by molar-refractivity contribution is 0.0254. The first kappa shape index (κ1) is 30.4. The molecule has 40 heavy (non-hydrogen) atoms. The zero-order valence-electron chi connectivity index (χ0n) is 23.1. The highest BCUT2D eigenvalue weighted by molar-refractivity contribution is 5.91. The smallest absolute Gasteiger partial charge is 0.338 e. The number of nitrogen functional groups attached to an aromatic ring is 2. The minimum absolute atomic E-state index is 0.351. The number of carbonyl (C=O) groups is 1. The van der Waals surface area contributed by atoms with Gasteiger partial charge in [-0.25, -0.2) is 4.79 Å². The van der Waals surface area contributed by atoms with E-state index in [1.807, 2.05) is 36.4 Å². The van der Waals surface area contributed by atoms with Gasteiger partial charge in [-0.2, -0.15) is 0 Å². The van der Waals surface area contributed by atoms with Crippen molar-refractivity contribution in [1.29, 1.82) is 0 Å². The van der Waals surface area contributed by atoms with E-state index in [4.69, 9.17) is 30.4 Å². The number of unbranched alkanes of at least 4 members (excludes halogenated alkanes) is 4. The van der Waals surface area contributed by atoms with Crippen LogP contribution in [0.5, 0.6) is 17.2 Å². The predicted octanol–water partition coefficient (Wildman–Crippen LogP) is 6.24. The first-order valence-electron chi connectivity index (χ1n) is 13.7. The zero-order chi connectivity index (χ0) is 28.6. The summed E-state index contributed by atoms with van der Waals surface area (Å²) in [6.45, 7) is 3.77. The molecular weight excluding hydrogens is 508 g/mol. The number of hydrogen-bond donors (Lipinski definition) is 3. The van der Waals surface area contributed by atoms with Gasteiger partial charge < -0.3 is 35.5 Å². The van der Waals surface area contributed by atoms with E-state index in [-0.39, 0.29) is 0 Å². The molecule has 1 unspecified atom stereocenters. The Kier molecular flexibility index (Phi) is 12.7.